The van der Waals surface area contributed by atoms with E-state index < -0.39 is 0 Å². The molecular formula is C27H23N3O3. The second-order valence-electron chi connectivity index (χ2n) is 8.17. The first-order valence-electron chi connectivity index (χ1n) is 10.8. The predicted molar refractivity (Wildman–Crippen MR) is 124 cm³/mol. The van der Waals surface area contributed by atoms with Gasteiger partial charge in [0.2, 0.25) is 0 Å². The normalized spacial score (nSPS) is 14.9. The SMILES string of the molecule is CN(Cc1cnn(-c2ccccc2)c1)C(=O)c1ccc2c(c1)C[C@H](c1ccccc1)OC2=O. The highest BCUT2D eigenvalue weighted by atomic mass is 16.5. The highest BCUT2D eigenvalue weighted by Gasteiger charge is 2.28. The molecule has 2 heterocycles. The maximum Gasteiger partial charge on any atom is 0.339 e. The Balaban J connectivity index is 1.32. The van der Waals surface area contributed by atoms with E-state index >= 15 is 0 Å². The molecule has 0 bridgehead atoms. The summed E-state index contributed by atoms with van der Waals surface area (Å²) in [6, 6.07) is 24.7. The van der Waals surface area contributed by atoms with Crippen molar-refractivity contribution in [2.75, 3.05) is 7.05 Å². The van der Waals surface area contributed by atoms with E-state index in [-0.39, 0.29) is 18.0 Å². The summed E-state index contributed by atoms with van der Waals surface area (Å²) >= 11 is 0. The molecular weight excluding hydrogens is 414 g/mol. The minimum Gasteiger partial charge on any atom is -0.454 e. The van der Waals surface area contributed by atoms with Crippen LogP contribution in [-0.4, -0.2) is 33.6 Å². The van der Waals surface area contributed by atoms with Crippen LogP contribution in [-0.2, 0) is 17.7 Å². The number of hydrogen-bond acceptors (Lipinski definition) is 4. The number of esters is 1. The molecule has 1 aliphatic rings. The lowest BCUT2D eigenvalue weighted by molar-refractivity contribution is 0.0252. The van der Waals surface area contributed by atoms with Gasteiger partial charge in [-0.25, -0.2) is 9.48 Å². The summed E-state index contributed by atoms with van der Waals surface area (Å²) in [5, 5.41) is 4.40. The second kappa shape index (κ2) is 8.74. The Morgan fingerprint density at radius 2 is 1.79 bits per heavy atom. The van der Waals surface area contributed by atoms with Gasteiger partial charge in [0.25, 0.3) is 5.91 Å². The van der Waals surface area contributed by atoms with Crippen molar-refractivity contribution >= 4 is 11.9 Å². The Hall–Kier alpha value is -4.19. The first kappa shape index (κ1) is 20.7. The van der Waals surface area contributed by atoms with Crippen LogP contribution in [0.2, 0.25) is 0 Å². The van der Waals surface area contributed by atoms with Crippen molar-refractivity contribution in [3.05, 3.63) is 119 Å². The van der Waals surface area contributed by atoms with E-state index in [4.69, 9.17) is 4.74 Å². The largest absolute Gasteiger partial charge is 0.454 e. The number of para-hydroxylation sites is 1. The highest BCUT2D eigenvalue weighted by molar-refractivity contribution is 5.97. The van der Waals surface area contributed by atoms with Crippen molar-refractivity contribution in [2.45, 2.75) is 19.1 Å². The van der Waals surface area contributed by atoms with Gasteiger partial charge in [-0.3, -0.25) is 4.79 Å². The van der Waals surface area contributed by atoms with Gasteiger partial charge >= 0.3 is 5.97 Å². The number of aromatic nitrogens is 2. The standard InChI is InChI=1S/C27H23N3O3/c1-29(17-19-16-28-30(18-19)23-10-6-3-7-11-23)26(31)21-12-13-24-22(14-21)15-25(33-27(24)32)20-8-4-2-5-9-20/h2-14,16,18,25H,15,17H2,1H3/t25-/m1/s1. The smallest absolute Gasteiger partial charge is 0.339 e. The van der Waals surface area contributed by atoms with E-state index in [0.29, 0.717) is 24.1 Å². The molecule has 1 amide bonds. The minimum atomic E-state index is -0.356. The van der Waals surface area contributed by atoms with Crippen LogP contribution in [0.4, 0.5) is 0 Å². The van der Waals surface area contributed by atoms with Crippen molar-refractivity contribution in [3.63, 3.8) is 0 Å². The molecule has 1 atom stereocenters. The van der Waals surface area contributed by atoms with Gasteiger partial charge in [-0.05, 0) is 41.5 Å². The van der Waals surface area contributed by atoms with Gasteiger partial charge in [-0.15, -0.1) is 0 Å². The third-order valence-electron chi connectivity index (χ3n) is 5.82. The van der Waals surface area contributed by atoms with Gasteiger partial charge in [0.05, 0.1) is 17.4 Å². The maximum absolute atomic E-state index is 13.1. The van der Waals surface area contributed by atoms with Crippen LogP contribution < -0.4 is 0 Å². The van der Waals surface area contributed by atoms with Crippen molar-refractivity contribution < 1.29 is 14.3 Å². The Kier molecular flexibility index (Phi) is 5.48. The number of rotatable bonds is 5. The third kappa shape index (κ3) is 4.28. The molecule has 4 aromatic rings. The average molecular weight is 437 g/mol. The molecule has 0 radical (unpaired) electrons. The Labute approximate surface area is 192 Å². The maximum atomic E-state index is 13.1. The summed E-state index contributed by atoms with van der Waals surface area (Å²) in [4.78, 5) is 27.3. The average Bonchev–Trinajstić information content (AvgIpc) is 3.32. The number of benzene rings is 3. The molecule has 1 aromatic heterocycles. The van der Waals surface area contributed by atoms with E-state index in [2.05, 4.69) is 5.10 Å². The van der Waals surface area contributed by atoms with E-state index in [1.807, 2.05) is 72.9 Å². The molecule has 0 unspecified atom stereocenters. The zero-order chi connectivity index (χ0) is 22.8. The van der Waals surface area contributed by atoms with Gasteiger partial charge in [0, 0.05) is 37.3 Å². The van der Waals surface area contributed by atoms with E-state index in [0.717, 1.165) is 22.4 Å². The van der Waals surface area contributed by atoms with Crippen LogP contribution in [0.25, 0.3) is 5.69 Å². The molecule has 1 aliphatic heterocycles. The molecule has 0 fully saturated rings. The van der Waals surface area contributed by atoms with Gasteiger partial charge < -0.3 is 9.64 Å². The number of cyclic esters (lactones) is 1. The Morgan fingerprint density at radius 3 is 2.55 bits per heavy atom. The zero-order valence-electron chi connectivity index (χ0n) is 18.2. The van der Waals surface area contributed by atoms with Crippen molar-refractivity contribution in [1.82, 2.24) is 14.7 Å². The van der Waals surface area contributed by atoms with Gasteiger partial charge in [-0.2, -0.15) is 5.10 Å². The molecule has 0 spiro atoms. The molecule has 0 aliphatic carbocycles. The topological polar surface area (TPSA) is 64.4 Å². The van der Waals surface area contributed by atoms with E-state index in [1.54, 1.807) is 35.0 Å². The first-order chi connectivity index (χ1) is 16.1. The minimum absolute atomic E-state index is 0.111. The number of carbonyl (C=O) groups excluding carboxylic acids is 2. The summed E-state index contributed by atoms with van der Waals surface area (Å²) in [6.45, 7) is 0.428. The number of amides is 1. The van der Waals surface area contributed by atoms with Gasteiger partial charge in [0.15, 0.2) is 0 Å². The van der Waals surface area contributed by atoms with Crippen LogP contribution in [0.1, 0.15) is 43.5 Å². The summed E-state index contributed by atoms with van der Waals surface area (Å²) in [6.07, 6.45) is 3.88. The Bertz CT molecular complexity index is 1300. The Morgan fingerprint density at radius 1 is 1.06 bits per heavy atom. The molecule has 0 saturated carbocycles. The number of fused-ring (bicyclic) bond motifs is 1. The number of hydrogen-bond donors (Lipinski definition) is 0. The highest BCUT2D eigenvalue weighted by Crippen LogP contribution is 2.31. The van der Waals surface area contributed by atoms with Crippen molar-refractivity contribution in [2.24, 2.45) is 0 Å². The van der Waals surface area contributed by atoms with Crippen LogP contribution in [0.15, 0.2) is 91.3 Å². The molecule has 6 heteroatoms. The first-order valence-corrected chi connectivity index (χ1v) is 10.8. The third-order valence-corrected chi connectivity index (χ3v) is 5.82. The quantitative estimate of drug-likeness (QED) is 0.428. The molecule has 0 N–H and O–H groups in total. The lowest BCUT2D eigenvalue weighted by Gasteiger charge is -2.26. The number of ether oxygens (including phenoxy) is 1. The molecule has 5 rings (SSSR count). The second-order valence-corrected chi connectivity index (χ2v) is 8.17. The monoisotopic (exact) mass is 437 g/mol. The predicted octanol–water partition coefficient (Wildman–Crippen LogP) is 4.60. The van der Waals surface area contributed by atoms with Gasteiger partial charge in [0.1, 0.15) is 6.10 Å². The van der Waals surface area contributed by atoms with Crippen LogP contribution in [0.5, 0.6) is 0 Å². The number of carbonyl (C=O) groups is 2. The fourth-order valence-electron chi connectivity index (χ4n) is 4.11. The van der Waals surface area contributed by atoms with E-state index in [1.165, 1.54) is 0 Å². The van der Waals surface area contributed by atoms with Crippen molar-refractivity contribution in [3.8, 4) is 5.69 Å². The van der Waals surface area contributed by atoms with Crippen LogP contribution in [0, 0.1) is 0 Å². The van der Waals surface area contributed by atoms with Gasteiger partial charge in [-0.1, -0.05) is 48.5 Å². The lowest BCUT2D eigenvalue weighted by atomic mass is 9.93. The summed E-state index contributed by atoms with van der Waals surface area (Å²) in [7, 11) is 1.77. The molecule has 0 saturated heterocycles. The van der Waals surface area contributed by atoms with E-state index in [9.17, 15) is 9.59 Å². The lowest BCUT2D eigenvalue weighted by Crippen LogP contribution is -2.27. The summed E-state index contributed by atoms with van der Waals surface area (Å²) in [5.74, 6) is -0.466. The van der Waals surface area contributed by atoms with Crippen molar-refractivity contribution in [1.29, 1.82) is 0 Å². The fraction of sp³-hybridized carbons (Fsp3) is 0.148. The molecule has 3 aromatic carbocycles. The molecule has 33 heavy (non-hydrogen) atoms. The molecule has 164 valence electrons. The number of nitrogens with zero attached hydrogens (tertiary/aromatic N) is 3. The zero-order valence-corrected chi connectivity index (χ0v) is 18.2. The van der Waals surface area contributed by atoms with Crippen LogP contribution in [0.3, 0.4) is 0 Å². The fourth-order valence-corrected chi connectivity index (χ4v) is 4.11. The molecule has 6 nitrogen and oxygen atoms in total. The summed E-state index contributed by atoms with van der Waals surface area (Å²) in [5.41, 5.74) is 4.74. The summed E-state index contributed by atoms with van der Waals surface area (Å²) < 4.78 is 7.41. The van der Waals surface area contributed by atoms with Crippen LogP contribution >= 0.6 is 0 Å².